The van der Waals surface area contributed by atoms with Gasteiger partial charge in [0.15, 0.2) is 0 Å². The molecule has 0 radical (unpaired) electrons. The minimum absolute atomic E-state index is 0.337. The van der Waals surface area contributed by atoms with Gasteiger partial charge in [0.1, 0.15) is 0 Å². The van der Waals surface area contributed by atoms with Crippen LogP contribution in [0.2, 0.25) is 0 Å². The van der Waals surface area contributed by atoms with Crippen LogP contribution in [0.3, 0.4) is 0 Å². The molecule has 0 heterocycles. The van der Waals surface area contributed by atoms with Crippen molar-refractivity contribution in [2.24, 2.45) is 5.73 Å². The van der Waals surface area contributed by atoms with E-state index in [9.17, 15) is 0 Å². The lowest BCUT2D eigenvalue weighted by Gasteiger charge is -2.10. The summed E-state index contributed by atoms with van der Waals surface area (Å²) in [5.41, 5.74) is 7.89. The van der Waals surface area contributed by atoms with Gasteiger partial charge in [0, 0.05) is 6.54 Å². The van der Waals surface area contributed by atoms with Gasteiger partial charge in [-0.05, 0) is 24.5 Å². The monoisotopic (exact) mass is 193 g/mol. The molecular formula is C12H19NO. The van der Waals surface area contributed by atoms with Gasteiger partial charge >= 0.3 is 0 Å². The fourth-order valence-electron chi connectivity index (χ4n) is 1.13. The highest BCUT2D eigenvalue weighted by Gasteiger charge is 1.99. The van der Waals surface area contributed by atoms with E-state index in [1.807, 2.05) is 0 Å². The summed E-state index contributed by atoms with van der Waals surface area (Å²) in [5, 5.41) is 0. The lowest BCUT2D eigenvalue weighted by Crippen LogP contribution is -2.06. The Bertz CT molecular complexity index is 256. The second-order valence-corrected chi connectivity index (χ2v) is 3.55. The van der Waals surface area contributed by atoms with E-state index < -0.39 is 0 Å². The third kappa shape index (κ3) is 3.48. The summed E-state index contributed by atoms with van der Waals surface area (Å²) >= 11 is 0. The Morgan fingerprint density at radius 1 is 1.21 bits per heavy atom. The van der Waals surface area contributed by atoms with Crippen LogP contribution in [0.4, 0.5) is 0 Å². The molecular weight excluding hydrogens is 174 g/mol. The molecule has 0 amide bonds. The maximum atomic E-state index is 5.62. The molecule has 0 aromatic heterocycles. The Morgan fingerprint density at radius 2 is 1.79 bits per heavy atom. The van der Waals surface area contributed by atoms with Gasteiger partial charge in [0.2, 0.25) is 0 Å². The van der Waals surface area contributed by atoms with Gasteiger partial charge in [0.25, 0.3) is 0 Å². The highest BCUT2D eigenvalue weighted by Crippen LogP contribution is 2.07. The van der Waals surface area contributed by atoms with Crippen molar-refractivity contribution in [3.05, 3.63) is 35.4 Å². The summed E-state index contributed by atoms with van der Waals surface area (Å²) < 4.78 is 5.62. The van der Waals surface area contributed by atoms with Crippen LogP contribution < -0.4 is 5.73 Å². The molecule has 2 heteroatoms. The zero-order chi connectivity index (χ0) is 10.4. The van der Waals surface area contributed by atoms with Crippen molar-refractivity contribution in [3.8, 4) is 0 Å². The number of ether oxygens (including phenoxy) is 1. The van der Waals surface area contributed by atoms with E-state index in [0.29, 0.717) is 19.3 Å². The molecule has 0 aliphatic rings. The standard InChI is InChI=1S/C12H19NO/c1-3-10(2)14-9-12-6-4-11(8-13)5-7-12/h4-7,10H,3,8-9,13H2,1-2H3. The van der Waals surface area contributed by atoms with E-state index in [4.69, 9.17) is 10.5 Å². The molecule has 0 bridgehead atoms. The van der Waals surface area contributed by atoms with Crippen LogP contribution in [0.5, 0.6) is 0 Å². The zero-order valence-electron chi connectivity index (χ0n) is 8.99. The average Bonchev–Trinajstić information content (AvgIpc) is 2.26. The Hall–Kier alpha value is -0.860. The first-order valence-electron chi connectivity index (χ1n) is 5.15. The highest BCUT2D eigenvalue weighted by atomic mass is 16.5. The Labute approximate surface area is 86.1 Å². The van der Waals surface area contributed by atoms with E-state index in [-0.39, 0.29) is 0 Å². The van der Waals surface area contributed by atoms with Crippen molar-refractivity contribution >= 4 is 0 Å². The smallest absolute Gasteiger partial charge is 0.0720 e. The summed E-state index contributed by atoms with van der Waals surface area (Å²) in [6.07, 6.45) is 1.39. The maximum absolute atomic E-state index is 5.62. The van der Waals surface area contributed by atoms with Gasteiger partial charge in [-0.2, -0.15) is 0 Å². The fourth-order valence-corrected chi connectivity index (χ4v) is 1.13. The highest BCUT2D eigenvalue weighted by molar-refractivity contribution is 5.21. The van der Waals surface area contributed by atoms with E-state index >= 15 is 0 Å². The van der Waals surface area contributed by atoms with Crippen molar-refractivity contribution in [3.63, 3.8) is 0 Å². The third-order valence-electron chi connectivity index (χ3n) is 2.37. The molecule has 0 spiro atoms. The largest absolute Gasteiger partial charge is 0.374 e. The second-order valence-electron chi connectivity index (χ2n) is 3.55. The van der Waals surface area contributed by atoms with Crippen molar-refractivity contribution in [2.45, 2.75) is 39.5 Å². The first kappa shape index (κ1) is 11.2. The molecule has 0 fully saturated rings. The molecule has 1 rings (SSSR count). The number of benzene rings is 1. The first-order chi connectivity index (χ1) is 6.76. The average molecular weight is 193 g/mol. The van der Waals surface area contributed by atoms with Crippen LogP contribution in [-0.4, -0.2) is 6.10 Å². The first-order valence-corrected chi connectivity index (χ1v) is 5.15. The van der Waals surface area contributed by atoms with Crippen molar-refractivity contribution < 1.29 is 4.74 Å². The minimum Gasteiger partial charge on any atom is -0.374 e. The molecule has 0 aliphatic heterocycles. The molecule has 0 saturated heterocycles. The summed E-state index contributed by atoms with van der Waals surface area (Å²) in [7, 11) is 0. The number of hydrogen-bond donors (Lipinski definition) is 1. The van der Waals surface area contributed by atoms with E-state index in [2.05, 4.69) is 38.1 Å². The predicted octanol–water partition coefficient (Wildman–Crippen LogP) is 2.46. The van der Waals surface area contributed by atoms with Crippen LogP contribution in [0, 0.1) is 0 Å². The van der Waals surface area contributed by atoms with Gasteiger partial charge < -0.3 is 10.5 Å². The molecule has 2 nitrogen and oxygen atoms in total. The summed E-state index contributed by atoms with van der Waals surface area (Å²) in [4.78, 5) is 0. The third-order valence-corrected chi connectivity index (χ3v) is 2.37. The second kappa shape index (κ2) is 5.78. The lowest BCUT2D eigenvalue weighted by molar-refractivity contribution is 0.0508. The van der Waals surface area contributed by atoms with Crippen LogP contribution in [0.25, 0.3) is 0 Å². The number of rotatable bonds is 5. The fraction of sp³-hybridized carbons (Fsp3) is 0.500. The van der Waals surface area contributed by atoms with Crippen LogP contribution >= 0.6 is 0 Å². The van der Waals surface area contributed by atoms with Gasteiger partial charge in [-0.1, -0.05) is 31.2 Å². The molecule has 1 unspecified atom stereocenters. The molecule has 1 atom stereocenters. The number of hydrogen-bond acceptors (Lipinski definition) is 2. The lowest BCUT2D eigenvalue weighted by atomic mass is 10.1. The molecule has 78 valence electrons. The Balaban J connectivity index is 2.43. The van der Waals surface area contributed by atoms with Crippen LogP contribution in [-0.2, 0) is 17.9 Å². The van der Waals surface area contributed by atoms with Crippen molar-refractivity contribution in [2.75, 3.05) is 0 Å². The normalized spacial score (nSPS) is 12.8. The zero-order valence-corrected chi connectivity index (χ0v) is 8.99. The SMILES string of the molecule is CCC(C)OCc1ccc(CN)cc1. The van der Waals surface area contributed by atoms with Crippen molar-refractivity contribution in [1.29, 1.82) is 0 Å². The van der Waals surface area contributed by atoms with E-state index in [1.165, 1.54) is 5.56 Å². The molecule has 0 aliphatic carbocycles. The van der Waals surface area contributed by atoms with E-state index in [1.54, 1.807) is 0 Å². The van der Waals surface area contributed by atoms with E-state index in [0.717, 1.165) is 12.0 Å². The molecule has 14 heavy (non-hydrogen) atoms. The predicted molar refractivity (Wildman–Crippen MR) is 58.9 cm³/mol. The van der Waals surface area contributed by atoms with Crippen LogP contribution in [0.15, 0.2) is 24.3 Å². The molecule has 2 N–H and O–H groups in total. The molecule has 1 aromatic carbocycles. The van der Waals surface area contributed by atoms with Gasteiger partial charge in [0.05, 0.1) is 12.7 Å². The molecule has 0 saturated carbocycles. The Morgan fingerprint density at radius 3 is 2.29 bits per heavy atom. The summed E-state index contributed by atoms with van der Waals surface area (Å²) in [6.45, 7) is 5.52. The Kier molecular flexibility index (Phi) is 4.63. The van der Waals surface area contributed by atoms with Gasteiger partial charge in [-0.25, -0.2) is 0 Å². The molecule has 1 aromatic rings. The summed E-state index contributed by atoms with van der Waals surface area (Å²) in [5.74, 6) is 0. The summed E-state index contributed by atoms with van der Waals surface area (Å²) in [6, 6.07) is 8.25. The van der Waals surface area contributed by atoms with Crippen LogP contribution in [0.1, 0.15) is 31.4 Å². The maximum Gasteiger partial charge on any atom is 0.0720 e. The topological polar surface area (TPSA) is 35.2 Å². The quantitative estimate of drug-likeness (QED) is 0.779. The van der Waals surface area contributed by atoms with Gasteiger partial charge in [-0.15, -0.1) is 0 Å². The minimum atomic E-state index is 0.337. The van der Waals surface area contributed by atoms with Gasteiger partial charge in [-0.3, -0.25) is 0 Å². The van der Waals surface area contributed by atoms with Crippen molar-refractivity contribution in [1.82, 2.24) is 0 Å². The number of nitrogens with two attached hydrogens (primary N) is 1.